The summed E-state index contributed by atoms with van der Waals surface area (Å²) in [5.74, 6) is 0.452. The number of anilines is 2. The van der Waals surface area contributed by atoms with Crippen LogP contribution in [0, 0.1) is 20.2 Å². The maximum absolute atomic E-state index is 13.2. The van der Waals surface area contributed by atoms with Crippen molar-refractivity contribution >= 4 is 39.2 Å². The van der Waals surface area contributed by atoms with E-state index in [9.17, 15) is 38.2 Å². The summed E-state index contributed by atoms with van der Waals surface area (Å²) in [6.45, 7) is 4.26. The number of nitro benzene ring substituents is 2. The van der Waals surface area contributed by atoms with Gasteiger partial charge in [-0.1, -0.05) is 25.2 Å². The van der Waals surface area contributed by atoms with Crippen molar-refractivity contribution in [2.24, 2.45) is 0 Å². The number of nitrogens with zero attached hydrogens (tertiary/aromatic N) is 7. The molecule has 12 nitrogen and oxygen atoms in total. The molecule has 1 aliphatic heterocycles. The second-order valence-electron chi connectivity index (χ2n) is 8.09. The predicted molar refractivity (Wildman–Crippen MR) is 120 cm³/mol. The Bertz CT molecular complexity index is 1340. The fraction of sp³-hybridized carbons (Fsp3) is 0.421. The first-order valence-corrected chi connectivity index (χ1v) is 11.1. The van der Waals surface area contributed by atoms with Gasteiger partial charge in [0.1, 0.15) is 10.8 Å². The summed E-state index contributed by atoms with van der Waals surface area (Å²) in [6.07, 6.45) is -4.99. The molecule has 0 amide bonds. The molecule has 3 aromatic rings. The number of aromatic nitrogens is 3. The highest BCUT2D eigenvalue weighted by atomic mass is 32.1. The molecule has 3 heterocycles. The monoisotopic (exact) mass is 513 g/mol. The lowest BCUT2D eigenvalue weighted by atomic mass is 10.1. The van der Waals surface area contributed by atoms with Crippen molar-refractivity contribution in [2.45, 2.75) is 25.9 Å². The van der Waals surface area contributed by atoms with Gasteiger partial charge in [0.15, 0.2) is 5.69 Å². The summed E-state index contributed by atoms with van der Waals surface area (Å²) < 4.78 is 40.7. The molecule has 0 unspecified atom stereocenters. The van der Waals surface area contributed by atoms with Crippen LogP contribution in [0.5, 0.6) is 0 Å². The normalized spacial score (nSPS) is 14.7. The minimum atomic E-state index is -4.99. The fourth-order valence-corrected chi connectivity index (χ4v) is 4.64. The zero-order valence-electron chi connectivity index (χ0n) is 18.4. The Morgan fingerprint density at radius 2 is 1.54 bits per heavy atom. The van der Waals surface area contributed by atoms with Gasteiger partial charge in [0, 0.05) is 50.3 Å². The predicted octanol–water partition coefficient (Wildman–Crippen LogP) is 3.44. The summed E-state index contributed by atoms with van der Waals surface area (Å²) in [5, 5.41) is 28.1. The van der Waals surface area contributed by atoms with Gasteiger partial charge >= 0.3 is 6.18 Å². The molecule has 0 N–H and O–H groups in total. The molecule has 0 radical (unpaired) electrons. The Kier molecular flexibility index (Phi) is 6.08. The van der Waals surface area contributed by atoms with Crippen molar-refractivity contribution in [3.8, 4) is 0 Å². The van der Waals surface area contributed by atoms with Crippen molar-refractivity contribution in [3.63, 3.8) is 0 Å². The number of hydrogen-bond acceptors (Lipinski definition) is 10. The minimum Gasteiger partial charge on any atom is -0.357 e. The summed E-state index contributed by atoms with van der Waals surface area (Å²) in [4.78, 5) is 41.4. The van der Waals surface area contributed by atoms with Gasteiger partial charge in [-0.05, 0) is 0 Å². The van der Waals surface area contributed by atoms with Crippen LogP contribution in [0.2, 0.25) is 0 Å². The highest BCUT2D eigenvalue weighted by Gasteiger charge is 2.39. The van der Waals surface area contributed by atoms with Crippen LogP contribution in [0.1, 0.15) is 30.3 Å². The molecule has 35 heavy (non-hydrogen) atoms. The SMILES string of the molecule is CC(C)c1nn2c(=O)cc(N3CCN(c4c([N+](=O)[O-])cc(C(F)(F)F)cc4[N+](=O)[O-])CC3)nc2s1. The molecule has 0 spiro atoms. The first-order chi connectivity index (χ1) is 16.4. The van der Waals surface area contributed by atoms with Crippen LogP contribution in [0.25, 0.3) is 4.96 Å². The van der Waals surface area contributed by atoms with E-state index in [1.54, 1.807) is 4.90 Å². The van der Waals surface area contributed by atoms with E-state index in [-0.39, 0.29) is 37.7 Å². The number of piperazine rings is 1. The van der Waals surface area contributed by atoms with Crippen LogP contribution < -0.4 is 15.4 Å². The number of fused-ring (bicyclic) bond motifs is 1. The van der Waals surface area contributed by atoms with Crippen molar-refractivity contribution in [1.82, 2.24) is 14.6 Å². The van der Waals surface area contributed by atoms with Gasteiger partial charge in [-0.2, -0.15) is 22.8 Å². The van der Waals surface area contributed by atoms with E-state index in [1.807, 2.05) is 13.8 Å². The standard InChI is InChI=1S/C19H18F3N7O5S/c1-10(2)17-24-27-15(30)9-14(23-18(27)35-17)25-3-5-26(6-4-25)16-12(28(31)32)7-11(19(20,21)22)8-13(16)29(33)34/h7-10H,3-6H2,1-2H3. The van der Waals surface area contributed by atoms with E-state index in [2.05, 4.69) is 10.1 Å². The van der Waals surface area contributed by atoms with Crippen LogP contribution in [-0.4, -0.2) is 50.6 Å². The molecule has 16 heteroatoms. The second-order valence-corrected chi connectivity index (χ2v) is 9.08. The summed E-state index contributed by atoms with van der Waals surface area (Å²) in [5.41, 5.74) is -4.33. The zero-order valence-corrected chi connectivity index (χ0v) is 19.2. The third kappa shape index (κ3) is 4.60. The molecular weight excluding hydrogens is 495 g/mol. The van der Waals surface area contributed by atoms with Gasteiger partial charge in [-0.3, -0.25) is 25.0 Å². The Balaban J connectivity index is 1.65. The number of rotatable bonds is 5. The number of hydrogen-bond donors (Lipinski definition) is 0. The molecule has 2 aromatic heterocycles. The molecule has 0 atom stereocenters. The van der Waals surface area contributed by atoms with Crippen LogP contribution in [0.3, 0.4) is 0 Å². The second kappa shape index (κ2) is 8.75. The zero-order chi connectivity index (χ0) is 25.7. The lowest BCUT2D eigenvalue weighted by Gasteiger charge is -2.36. The van der Waals surface area contributed by atoms with Crippen molar-refractivity contribution in [2.75, 3.05) is 36.0 Å². The van der Waals surface area contributed by atoms with Gasteiger partial charge in [-0.25, -0.2) is 4.98 Å². The van der Waals surface area contributed by atoms with Crippen LogP contribution in [0.4, 0.5) is 36.1 Å². The van der Waals surface area contributed by atoms with Crippen molar-refractivity contribution in [3.05, 3.63) is 59.4 Å². The molecule has 1 aromatic carbocycles. The smallest absolute Gasteiger partial charge is 0.357 e. The van der Waals surface area contributed by atoms with Crippen molar-refractivity contribution < 1.29 is 23.0 Å². The lowest BCUT2D eigenvalue weighted by Crippen LogP contribution is -2.47. The van der Waals surface area contributed by atoms with Gasteiger partial charge < -0.3 is 9.80 Å². The average Bonchev–Trinajstić information content (AvgIpc) is 3.23. The Hall–Kier alpha value is -3.82. The Labute approximate surface area is 198 Å². The van der Waals surface area contributed by atoms with Gasteiger partial charge in [-0.15, -0.1) is 0 Å². The molecule has 0 bridgehead atoms. The highest BCUT2D eigenvalue weighted by Crippen LogP contribution is 2.43. The Morgan fingerprint density at radius 3 is 2.03 bits per heavy atom. The van der Waals surface area contributed by atoms with E-state index >= 15 is 0 Å². The molecular formula is C19H18F3N7O5S. The summed E-state index contributed by atoms with van der Waals surface area (Å²) >= 11 is 1.27. The van der Waals surface area contributed by atoms with Gasteiger partial charge in [0.05, 0.1) is 15.4 Å². The van der Waals surface area contributed by atoms with Crippen LogP contribution in [-0.2, 0) is 6.18 Å². The summed E-state index contributed by atoms with van der Waals surface area (Å²) in [6, 6.07) is 1.91. The van der Waals surface area contributed by atoms with E-state index < -0.39 is 38.6 Å². The van der Waals surface area contributed by atoms with Gasteiger partial charge in [0.25, 0.3) is 16.9 Å². The maximum atomic E-state index is 13.2. The number of benzene rings is 1. The molecule has 1 fully saturated rings. The fourth-order valence-electron chi connectivity index (χ4n) is 3.74. The van der Waals surface area contributed by atoms with E-state index in [0.717, 1.165) is 5.01 Å². The molecule has 0 aliphatic carbocycles. The molecule has 0 saturated carbocycles. The van der Waals surface area contributed by atoms with E-state index in [0.29, 0.717) is 22.9 Å². The minimum absolute atomic E-state index is 0.0219. The van der Waals surface area contributed by atoms with E-state index in [1.165, 1.54) is 26.8 Å². The number of nitro groups is 2. The van der Waals surface area contributed by atoms with Crippen molar-refractivity contribution in [1.29, 1.82) is 0 Å². The average molecular weight is 513 g/mol. The highest BCUT2D eigenvalue weighted by molar-refractivity contribution is 7.16. The molecule has 1 saturated heterocycles. The number of alkyl halides is 3. The Morgan fingerprint density at radius 1 is 1.00 bits per heavy atom. The first-order valence-electron chi connectivity index (χ1n) is 10.3. The maximum Gasteiger partial charge on any atom is 0.416 e. The third-order valence-electron chi connectivity index (χ3n) is 5.45. The summed E-state index contributed by atoms with van der Waals surface area (Å²) in [7, 11) is 0. The van der Waals surface area contributed by atoms with Crippen LogP contribution >= 0.6 is 11.3 Å². The lowest BCUT2D eigenvalue weighted by molar-refractivity contribution is -0.393. The third-order valence-corrected chi connectivity index (χ3v) is 6.66. The topological polar surface area (TPSA) is 140 Å². The van der Waals surface area contributed by atoms with E-state index in [4.69, 9.17) is 0 Å². The molecule has 1 aliphatic rings. The first kappa shape index (κ1) is 24.3. The largest absolute Gasteiger partial charge is 0.416 e. The van der Waals surface area contributed by atoms with Crippen LogP contribution in [0.15, 0.2) is 23.0 Å². The quantitative estimate of drug-likeness (QED) is 0.371. The molecule has 186 valence electrons. The number of halogens is 3. The molecule has 4 rings (SSSR count). The van der Waals surface area contributed by atoms with Gasteiger partial charge in [0.2, 0.25) is 4.96 Å².